The van der Waals surface area contributed by atoms with E-state index in [2.05, 4.69) is 10.2 Å². The zero-order chi connectivity index (χ0) is 28.6. The number of benzene rings is 2. The van der Waals surface area contributed by atoms with E-state index in [4.69, 9.17) is 26.4 Å². The normalized spacial score (nSPS) is 17.6. The van der Waals surface area contributed by atoms with Crippen LogP contribution in [-0.2, 0) is 23.8 Å². The van der Waals surface area contributed by atoms with Gasteiger partial charge < -0.3 is 24.4 Å². The van der Waals surface area contributed by atoms with E-state index in [1.807, 2.05) is 0 Å². The molecular formula is C28H32N4O7S. The molecule has 0 aliphatic carbocycles. The Labute approximate surface area is 237 Å². The van der Waals surface area contributed by atoms with Crippen LogP contribution in [0.5, 0.6) is 0 Å². The molecule has 2 heterocycles. The molecule has 2 saturated heterocycles. The molecule has 0 bridgehead atoms. The lowest BCUT2D eigenvalue weighted by atomic mass is 10.1. The number of rotatable bonds is 10. The van der Waals surface area contributed by atoms with Gasteiger partial charge in [-0.25, -0.2) is 9.59 Å². The first kappa shape index (κ1) is 29.1. The highest BCUT2D eigenvalue weighted by Gasteiger charge is 2.44. The quantitative estimate of drug-likeness (QED) is 0.338. The Morgan fingerprint density at radius 3 is 2.23 bits per heavy atom. The van der Waals surface area contributed by atoms with Gasteiger partial charge in [0.25, 0.3) is 5.91 Å². The molecular weight excluding hydrogens is 536 g/mol. The highest BCUT2D eigenvalue weighted by Crippen LogP contribution is 2.28. The molecule has 2 aromatic rings. The number of nitrogens with one attached hydrogen (secondary N) is 1. The van der Waals surface area contributed by atoms with Gasteiger partial charge in [-0.05, 0) is 67.7 Å². The number of anilines is 2. The maximum Gasteiger partial charge on any atom is 0.338 e. The van der Waals surface area contributed by atoms with Crippen molar-refractivity contribution in [2.75, 3.05) is 63.3 Å². The molecule has 0 saturated carbocycles. The molecule has 1 N–H and O–H groups in total. The number of amides is 2. The summed E-state index contributed by atoms with van der Waals surface area (Å²) < 4.78 is 15.2. The van der Waals surface area contributed by atoms with Crippen LogP contribution in [0.15, 0.2) is 48.5 Å². The molecule has 212 valence electrons. The summed E-state index contributed by atoms with van der Waals surface area (Å²) in [6.07, 6.45) is -0.127. The number of morpholine rings is 1. The molecule has 2 aliphatic heterocycles. The van der Waals surface area contributed by atoms with E-state index < -0.39 is 18.0 Å². The monoisotopic (exact) mass is 568 g/mol. The van der Waals surface area contributed by atoms with Gasteiger partial charge in [-0.1, -0.05) is 0 Å². The lowest BCUT2D eigenvalue weighted by molar-refractivity contribution is -0.124. The maximum absolute atomic E-state index is 13.7. The van der Waals surface area contributed by atoms with E-state index in [0.717, 1.165) is 13.1 Å². The number of methoxy groups -OCH3 is 1. The summed E-state index contributed by atoms with van der Waals surface area (Å²) in [6.45, 7) is 5.93. The molecule has 1 atom stereocenters. The highest BCUT2D eigenvalue weighted by atomic mass is 32.1. The number of hydrogen-bond donors (Lipinski definition) is 1. The van der Waals surface area contributed by atoms with Crippen LogP contribution in [0.3, 0.4) is 0 Å². The van der Waals surface area contributed by atoms with Crippen LogP contribution < -0.4 is 10.2 Å². The van der Waals surface area contributed by atoms with Gasteiger partial charge >= 0.3 is 11.9 Å². The van der Waals surface area contributed by atoms with Crippen molar-refractivity contribution in [3.05, 3.63) is 59.7 Å². The van der Waals surface area contributed by atoms with Gasteiger partial charge in [0.05, 0.1) is 50.2 Å². The molecule has 2 amide bonds. The summed E-state index contributed by atoms with van der Waals surface area (Å²) in [5.74, 6) is -1.63. The van der Waals surface area contributed by atoms with E-state index in [0.29, 0.717) is 53.9 Å². The average Bonchev–Trinajstić information content (AvgIpc) is 3.20. The largest absolute Gasteiger partial charge is 0.465 e. The van der Waals surface area contributed by atoms with Gasteiger partial charge in [0, 0.05) is 31.9 Å². The lowest BCUT2D eigenvalue weighted by Gasteiger charge is -2.30. The first-order valence-corrected chi connectivity index (χ1v) is 13.4. The Balaban J connectivity index is 1.50. The molecule has 0 spiro atoms. The second kappa shape index (κ2) is 13.5. The van der Waals surface area contributed by atoms with Crippen LogP contribution in [0.4, 0.5) is 11.4 Å². The Morgan fingerprint density at radius 2 is 1.60 bits per heavy atom. The molecule has 40 heavy (non-hydrogen) atoms. The van der Waals surface area contributed by atoms with Gasteiger partial charge in [0.15, 0.2) is 5.11 Å². The molecule has 12 heteroatoms. The van der Waals surface area contributed by atoms with Crippen LogP contribution in [0.2, 0.25) is 0 Å². The molecule has 4 rings (SSSR count). The number of carbonyl (C=O) groups excluding carboxylic acids is 4. The van der Waals surface area contributed by atoms with Crippen molar-refractivity contribution in [1.29, 1.82) is 0 Å². The first-order chi connectivity index (χ1) is 19.3. The topological polar surface area (TPSA) is 118 Å². The Morgan fingerprint density at radius 1 is 0.975 bits per heavy atom. The zero-order valence-corrected chi connectivity index (χ0v) is 23.3. The summed E-state index contributed by atoms with van der Waals surface area (Å²) >= 11 is 5.74. The van der Waals surface area contributed by atoms with Crippen LogP contribution in [0.25, 0.3) is 0 Å². The SMILES string of the molecule is CCOC(=O)c1ccc(N2C(=O)[C@H](CC(=O)Nc3ccc(C(=O)OC)cc3)N(CCN3CCOCC3)C2=S)cc1. The average molecular weight is 569 g/mol. The first-order valence-electron chi connectivity index (χ1n) is 13.0. The van der Waals surface area contributed by atoms with E-state index in [1.54, 1.807) is 60.4 Å². The van der Waals surface area contributed by atoms with Gasteiger partial charge in [-0.3, -0.25) is 19.4 Å². The van der Waals surface area contributed by atoms with Gasteiger partial charge in [-0.15, -0.1) is 0 Å². The van der Waals surface area contributed by atoms with Crippen molar-refractivity contribution in [2.45, 2.75) is 19.4 Å². The summed E-state index contributed by atoms with van der Waals surface area (Å²) in [7, 11) is 1.30. The summed E-state index contributed by atoms with van der Waals surface area (Å²) in [5.41, 5.74) is 1.70. The summed E-state index contributed by atoms with van der Waals surface area (Å²) in [5, 5.41) is 3.08. The second-order valence-electron chi connectivity index (χ2n) is 9.21. The van der Waals surface area contributed by atoms with Gasteiger partial charge in [0.2, 0.25) is 5.91 Å². The Bertz CT molecular complexity index is 1250. The highest BCUT2D eigenvalue weighted by molar-refractivity contribution is 7.80. The Hall–Kier alpha value is -3.87. The van der Waals surface area contributed by atoms with Crippen LogP contribution in [0.1, 0.15) is 34.1 Å². The molecule has 2 aliphatic rings. The van der Waals surface area contributed by atoms with Crippen molar-refractivity contribution < 1.29 is 33.4 Å². The molecule has 0 radical (unpaired) electrons. The third-order valence-corrected chi connectivity index (χ3v) is 7.10. The molecule has 2 aromatic carbocycles. The third-order valence-electron chi connectivity index (χ3n) is 6.68. The fourth-order valence-electron chi connectivity index (χ4n) is 4.56. The number of nitrogens with zero attached hydrogens (tertiary/aromatic N) is 3. The number of carbonyl (C=O) groups is 4. The fraction of sp³-hybridized carbons (Fsp3) is 0.393. The smallest absolute Gasteiger partial charge is 0.338 e. The minimum atomic E-state index is -0.812. The van der Waals surface area contributed by atoms with Gasteiger partial charge in [0.1, 0.15) is 6.04 Å². The predicted molar refractivity (Wildman–Crippen MR) is 151 cm³/mol. The molecule has 11 nitrogen and oxygen atoms in total. The summed E-state index contributed by atoms with van der Waals surface area (Å²) in [6, 6.07) is 11.9. The van der Waals surface area contributed by atoms with Gasteiger partial charge in [-0.2, -0.15) is 0 Å². The number of hydrogen-bond acceptors (Lipinski definition) is 9. The predicted octanol–water partition coefficient (Wildman–Crippen LogP) is 2.31. The number of esters is 2. The second-order valence-corrected chi connectivity index (χ2v) is 9.57. The minimum absolute atomic E-state index is 0.127. The zero-order valence-electron chi connectivity index (χ0n) is 22.5. The fourth-order valence-corrected chi connectivity index (χ4v) is 4.97. The van der Waals surface area contributed by atoms with Crippen molar-refractivity contribution in [3.63, 3.8) is 0 Å². The van der Waals surface area contributed by atoms with E-state index in [1.165, 1.54) is 12.0 Å². The van der Waals surface area contributed by atoms with E-state index >= 15 is 0 Å². The van der Waals surface area contributed by atoms with Crippen molar-refractivity contribution in [2.24, 2.45) is 0 Å². The third kappa shape index (κ3) is 6.82. The van der Waals surface area contributed by atoms with E-state index in [9.17, 15) is 19.2 Å². The summed E-state index contributed by atoms with van der Waals surface area (Å²) in [4.78, 5) is 55.9. The van der Waals surface area contributed by atoms with Crippen molar-refractivity contribution in [1.82, 2.24) is 9.80 Å². The minimum Gasteiger partial charge on any atom is -0.465 e. The molecule has 0 unspecified atom stereocenters. The number of thiocarbonyl (C=S) groups is 1. The van der Waals surface area contributed by atoms with Crippen LogP contribution in [-0.4, -0.2) is 97.8 Å². The molecule has 0 aromatic heterocycles. The van der Waals surface area contributed by atoms with Crippen LogP contribution in [0, 0.1) is 0 Å². The van der Waals surface area contributed by atoms with Crippen LogP contribution >= 0.6 is 12.2 Å². The standard InChI is InChI=1S/C28H32N4O7S/c1-3-39-27(36)20-6-10-22(11-7-20)32-25(34)23(31(28(32)40)13-12-30-14-16-38-17-15-30)18-24(33)29-21-8-4-19(5-9-21)26(35)37-2/h4-11,23H,3,12-18H2,1-2H3,(H,29,33)/t23-/m0/s1. The lowest BCUT2D eigenvalue weighted by Crippen LogP contribution is -2.45. The van der Waals surface area contributed by atoms with Crippen molar-refractivity contribution in [3.8, 4) is 0 Å². The maximum atomic E-state index is 13.7. The van der Waals surface area contributed by atoms with Crippen molar-refractivity contribution >= 4 is 52.5 Å². The molecule has 2 fully saturated rings. The van der Waals surface area contributed by atoms with E-state index in [-0.39, 0.29) is 24.8 Å². The Kier molecular flexibility index (Phi) is 9.80. The number of ether oxygens (including phenoxy) is 3.